The van der Waals surface area contributed by atoms with Crippen LogP contribution in [0.5, 0.6) is 0 Å². The third-order valence-corrected chi connectivity index (χ3v) is 4.74. The van der Waals surface area contributed by atoms with Gasteiger partial charge in [0.05, 0.1) is 10.7 Å². The Morgan fingerprint density at radius 1 is 1.38 bits per heavy atom. The van der Waals surface area contributed by atoms with Crippen LogP contribution in [0.15, 0.2) is 12.2 Å². The van der Waals surface area contributed by atoms with Gasteiger partial charge in [0.25, 0.3) is 0 Å². The smallest absolute Gasteiger partial charge is 0.310 e. The molecule has 16 heavy (non-hydrogen) atoms. The number of hydrogen-bond donors (Lipinski definition) is 2. The molecule has 0 spiro atoms. The largest absolute Gasteiger partial charge is 0.481 e. The molecule has 0 saturated heterocycles. The molecule has 5 nitrogen and oxygen atoms in total. The summed E-state index contributed by atoms with van der Waals surface area (Å²) in [5.74, 6) is -1.51. The number of carboxylic acids is 1. The Morgan fingerprint density at radius 3 is 2.31 bits per heavy atom. The quantitative estimate of drug-likeness (QED) is 0.720. The highest BCUT2D eigenvalue weighted by Gasteiger charge is 2.33. The second-order valence-electron chi connectivity index (χ2n) is 4.91. The molecule has 1 aliphatic carbocycles. The van der Waals surface area contributed by atoms with Crippen LogP contribution in [0.4, 0.5) is 0 Å². The van der Waals surface area contributed by atoms with Gasteiger partial charge >= 0.3 is 5.97 Å². The monoisotopic (exact) mass is 247 g/mol. The lowest BCUT2D eigenvalue weighted by molar-refractivity contribution is -0.140. The van der Waals surface area contributed by atoms with Gasteiger partial charge in [0.1, 0.15) is 0 Å². The van der Waals surface area contributed by atoms with Gasteiger partial charge in [-0.25, -0.2) is 13.1 Å². The van der Waals surface area contributed by atoms with Crippen molar-refractivity contribution in [1.82, 2.24) is 4.72 Å². The minimum absolute atomic E-state index is 0.282. The van der Waals surface area contributed by atoms with Crippen molar-refractivity contribution in [3.8, 4) is 0 Å². The van der Waals surface area contributed by atoms with Crippen molar-refractivity contribution in [2.75, 3.05) is 0 Å². The van der Waals surface area contributed by atoms with Crippen LogP contribution >= 0.6 is 0 Å². The van der Waals surface area contributed by atoms with Crippen LogP contribution < -0.4 is 4.72 Å². The lowest BCUT2D eigenvalue weighted by atomic mass is 10.1. The molecule has 0 amide bonds. The van der Waals surface area contributed by atoms with E-state index >= 15 is 0 Å². The number of nitrogens with one attached hydrogen (secondary N) is 1. The number of sulfonamides is 1. The Labute approximate surface area is 95.6 Å². The topological polar surface area (TPSA) is 83.5 Å². The molecule has 0 bridgehead atoms. The molecular weight excluding hydrogens is 230 g/mol. The first kappa shape index (κ1) is 13.2. The fraction of sp³-hybridized carbons (Fsp3) is 0.700. The number of aliphatic carboxylic acids is 1. The number of carboxylic acid groups (broad SMARTS) is 1. The fourth-order valence-corrected chi connectivity index (χ4v) is 2.27. The minimum Gasteiger partial charge on any atom is -0.481 e. The van der Waals surface area contributed by atoms with Crippen LogP contribution in [-0.2, 0) is 14.8 Å². The Hall–Kier alpha value is -0.880. The highest BCUT2D eigenvalue weighted by atomic mass is 32.2. The van der Waals surface area contributed by atoms with Gasteiger partial charge in [0, 0.05) is 6.04 Å². The van der Waals surface area contributed by atoms with Crippen molar-refractivity contribution in [2.45, 2.75) is 38.0 Å². The van der Waals surface area contributed by atoms with Crippen LogP contribution in [0, 0.1) is 5.92 Å². The molecule has 1 rings (SSSR count). The Bertz CT molecular complexity index is 405. The summed E-state index contributed by atoms with van der Waals surface area (Å²) in [7, 11) is -3.42. The first-order chi connectivity index (χ1) is 7.13. The van der Waals surface area contributed by atoms with Gasteiger partial charge in [-0.05, 0) is 27.2 Å². The van der Waals surface area contributed by atoms with Gasteiger partial charge in [-0.2, -0.15) is 0 Å². The second-order valence-corrected chi connectivity index (χ2v) is 7.37. The van der Waals surface area contributed by atoms with E-state index in [1.54, 1.807) is 26.8 Å². The standard InChI is InChI=1S/C10H17NO4S/c1-10(2,3)16(14,15)11-8-5-4-7(6-8)9(12)13/h4-5,7-8,11H,6H2,1-3H3,(H,12,13). The average molecular weight is 247 g/mol. The van der Waals surface area contributed by atoms with Crippen LogP contribution in [0.3, 0.4) is 0 Å². The van der Waals surface area contributed by atoms with E-state index in [1.165, 1.54) is 6.08 Å². The van der Waals surface area contributed by atoms with Crippen molar-refractivity contribution in [3.63, 3.8) is 0 Å². The van der Waals surface area contributed by atoms with Crippen molar-refractivity contribution in [1.29, 1.82) is 0 Å². The molecule has 0 aliphatic heterocycles. The summed E-state index contributed by atoms with van der Waals surface area (Å²) < 4.78 is 25.2. The molecule has 6 heteroatoms. The van der Waals surface area contributed by atoms with Gasteiger partial charge in [-0.3, -0.25) is 4.79 Å². The van der Waals surface area contributed by atoms with Gasteiger partial charge in [-0.1, -0.05) is 12.2 Å². The summed E-state index contributed by atoms with van der Waals surface area (Å²) in [5.41, 5.74) is 0. The molecule has 0 saturated carbocycles. The van der Waals surface area contributed by atoms with Gasteiger partial charge < -0.3 is 5.11 Å². The number of rotatable bonds is 3. The maximum absolute atomic E-state index is 11.8. The fourth-order valence-electron chi connectivity index (χ4n) is 1.35. The normalized spacial score (nSPS) is 25.9. The third-order valence-electron chi connectivity index (χ3n) is 2.51. The predicted octanol–water partition coefficient (Wildman–Crippen LogP) is 0.734. The Morgan fingerprint density at radius 2 is 1.94 bits per heavy atom. The molecule has 2 atom stereocenters. The summed E-state index contributed by atoms with van der Waals surface area (Å²) >= 11 is 0. The third kappa shape index (κ3) is 2.82. The van der Waals surface area contributed by atoms with Gasteiger partial charge in [-0.15, -0.1) is 0 Å². The zero-order valence-electron chi connectivity index (χ0n) is 9.60. The molecule has 2 N–H and O–H groups in total. The minimum atomic E-state index is -3.42. The van der Waals surface area contributed by atoms with Crippen molar-refractivity contribution in [2.24, 2.45) is 5.92 Å². The zero-order chi connectivity index (χ0) is 12.6. The lowest BCUT2D eigenvalue weighted by Crippen LogP contribution is -2.43. The SMILES string of the molecule is CC(C)(C)S(=O)(=O)NC1C=CC(C(=O)O)C1. The maximum atomic E-state index is 11.8. The van der Waals surface area contributed by atoms with E-state index in [9.17, 15) is 13.2 Å². The molecule has 0 fully saturated rings. The molecule has 0 aromatic heterocycles. The van der Waals surface area contributed by atoms with E-state index in [0.29, 0.717) is 0 Å². The molecule has 1 aliphatic rings. The maximum Gasteiger partial charge on any atom is 0.310 e. The molecule has 0 aromatic rings. The van der Waals surface area contributed by atoms with Gasteiger partial charge in [0.15, 0.2) is 0 Å². The molecule has 92 valence electrons. The molecular formula is C10H17NO4S. The average Bonchev–Trinajstić information content (AvgIpc) is 2.49. The van der Waals surface area contributed by atoms with E-state index in [-0.39, 0.29) is 6.42 Å². The Balaban J connectivity index is 2.67. The van der Waals surface area contributed by atoms with E-state index < -0.39 is 32.7 Å². The van der Waals surface area contributed by atoms with Crippen molar-refractivity contribution in [3.05, 3.63) is 12.2 Å². The van der Waals surface area contributed by atoms with Crippen LogP contribution in [0.25, 0.3) is 0 Å². The first-order valence-corrected chi connectivity index (χ1v) is 6.55. The summed E-state index contributed by atoms with van der Waals surface area (Å²) in [6.45, 7) is 4.80. The predicted molar refractivity (Wildman–Crippen MR) is 60.5 cm³/mol. The molecule has 0 aromatic carbocycles. The van der Waals surface area contributed by atoms with Crippen molar-refractivity contribution < 1.29 is 18.3 Å². The highest BCUT2D eigenvalue weighted by molar-refractivity contribution is 7.90. The molecule has 0 heterocycles. The Kier molecular flexibility index (Phi) is 3.44. The van der Waals surface area contributed by atoms with E-state index in [4.69, 9.17) is 5.11 Å². The van der Waals surface area contributed by atoms with Crippen LogP contribution in [0.2, 0.25) is 0 Å². The highest BCUT2D eigenvalue weighted by Crippen LogP contribution is 2.21. The van der Waals surface area contributed by atoms with Crippen molar-refractivity contribution >= 4 is 16.0 Å². The number of hydrogen-bond acceptors (Lipinski definition) is 3. The van der Waals surface area contributed by atoms with Crippen LogP contribution in [-0.4, -0.2) is 30.3 Å². The second kappa shape index (κ2) is 4.18. The molecule has 2 unspecified atom stereocenters. The van der Waals surface area contributed by atoms with Gasteiger partial charge in [0.2, 0.25) is 10.0 Å². The summed E-state index contributed by atoms with van der Waals surface area (Å²) in [6, 6.07) is -0.412. The summed E-state index contributed by atoms with van der Waals surface area (Å²) in [5, 5.41) is 8.76. The number of carbonyl (C=O) groups is 1. The summed E-state index contributed by atoms with van der Waals surface area (Å²) in [6.07, 6.45) is 3.41. The van der Waals surface area contributed by atoms with E-state index in [0.717, 1.165) is 0 Å². The van der Waals surface area contributed by atoms with E-state index in [2.05, 4.69) is 4.72 Å². The first-order valence-electron chi connectivity index (χ1n) is 5.06. The zero-order valence-corrected chi connectivity index (χ0v) is 10.4. The lowest BCUT2D eigenvalue weighted by Gasteiger charge is -2.22. The molecule has 0 radical (unpaired) electrons. The van der Waals surface area contributed by atoms with Crippen LogP contribution in [0.1, 0.15) is 27.2 Å². The summed E-state index contributed by atoms with van der Waals surface area (Å²) in [4.78, 5) is 10.7. The van der Waals surface area contributed by atoms with E-state index in [1.807, 2.05) is 0 Å².